The lowest BCUT2D eigenvalue weighted by Crippen LogP contribution is -2.86. The molecule has 28 heavy (non-hydrogen) atoms. The number of rotatable bonds is 2. The Morgan fingerprint density at radius 2 is 1.64 bits per heavy atom. The van der Waals surface area contributed by atoms with E-state index in [4.69, 9.17) is 16.0 Å². The van der Waals surface area contributed by atoms with Gasteiger partial charge >= 0.3 is 0 Å². The highest BCUT2D eigenvalue weighted by atomic mass is 35.5. The Morgan fingerprint density at radius 1 is 0.964 bits per heavy atom. The Bertz CT molecular complexity index is 1050. The molecule has 0 aliphatic carbocycles. The van der Waals surface area contributed by atoms with E-state index in [-0.39, 0.29) is 11.1 Å². The van der Waals surface area contributed by atoms with E-state index in [1.165, 1.54) is 0 Å². The summed E-state index contributed by atoms with van der Waals surface area (Å²) in [4.78, 5) is 3.81. The molecule has 146 valence electrons. The predicted molar refractivity (Wildman–Crippen MR) is 115 cm³/mol. The monoisotopic (exact) mass is 395 g/mol. The fourth-order valence-corrected chi connectivity index (χ4v) is 4.84. The summed E-state index contributed by atoms with van der Waals surface area (Å²) >= 11 is 6.30. The van der Waals surface area contributed by atoms with E-state index in [0.717, 1.165) is 40.5 Å². The summed E-state index contributed by atoms with van der Waals surface area (Å²) in [7, 11) is 0. The minimum Gasteiger partial charge on any atom is -0.456 e. The molecular weight excluding hydrogens is 368 g/mol. The number of hydrogen-bond acceptors (Lipinski definition) is 2. The van der Waals surface area contributed by atoms with E-state index in [0.29, 0.717) is 11.1 Å². The van der Waals surface area contributed by atoms with Gasteiger partial charge in [-0.05, 0) is 45.9 Å². The quantitative estimate of drug-likeness (QED) is 0.687. The van der Waals surface area contributed by atoms with Crippen molar-refractivity contribution in [1.82, 2.24) is 5.32 Å². The molecule has 0 spiro atoms. The summed E-state index contributed by atoms with van der Waals surface area (Å²) in [6, 6.07) is 18.5. The first-order valence-corrected chi connectivity index (χ1v) is 10.3. The first-order valence-electron chi connectivity index (χ1n) is 9.89. The van der Waals surface area contributed by atoms with Crippen molar-refractivity contribution < 1.29 is 9.41 Å². The molecule has 1 saturated heterocycles. The molecule has 0 radical (unpaired) electrons. The molecule has 0 saturated carbocycles. The second-order valence-corrected chi connectivity index (χ2v) is 9.61. The van der Waals surface area contributed by atoms with Crippen LogP contribution in [0.1, 0.15) is 40.5 Å². The largest absolute Gasteiger partial charge is 0.456 e. The van der Waals surface area contributed by atoms with Gasteiger partial charge < -0.3 is 9.73 Å². The maximum atomic E-state index is 6.30. The average Bonchev–Trinajstić information content (AvgIpc) is 2.60. The third kappa shape index (κ3) is 4.16. The zero-order chi connectivity index (χ0) is 19.9. The van der Waals surface area contributed by atoms with Gasteiger partial charge in [-0.1, -0.05) is 41.9 Å². The molecule has 1 aliphatic rings. The Labute approximate surface area is 171 Å². The molecule has 3 nitrogen and oxygen atoms in total. The van der Waals surface area contributed by atoms with Crippen molar-refractivity contribution in [2.45, 2.75) is 57.7 Å². The molecule has 1 fully saturated rings. The van der Waals surface area contributed by atoms with E-state index < -0.39 is 0 Å². The first kappa shape index (κ1) is 19.2. The van der Waals surface area contributed by atoms with Crippen LogP contribution >= 0.6 is 11.6 Å². The summed E-state index contributed by atoms with van der Waals surface area (Å²) < 4.78 is 6.20. The van der Waals surface area contributed by atoms with Gasteiger partial charge in [0.2, 0.25) is 5.36 Å². The summed E-state index contributed by atoms with van der Waals surface area (Å²) in [5.41, 5.74) is 2.05. The van der Waals surface area contributed by atoms with Crippen molar-refractivity contribution in [2.75, 3.05) is 0 Å². The SMILES string of the molecule is CC1(C)CC([NH+]=c2cc(-c3ccccc3)oc3ccc(Cl)cc23)CC(C)(C)N1. The first-order chi connectivity index (χ1) is 13.2. The number of fused-ring (bicyclic) bond motifs is 1. The smallest absolute Gasteiger partial charge is 0.213 e. The summed E-state index contributed by atoms with van der Waals surface area (Å²) in [6.45, 7) is 9.08. The number of hydrogen-bond donors (Lipinski definition) is 2. The topological polar surface area (TPSA) is 39.1 Å². The third-order valence-electron chi connectivity index (χ3n) is 5.34. The van der Waals surface area contributed by atoms with E-state index in [9.17, 15) is 0 Å². The average molecular weight is 396 g/mol. The molecule has 2 aromatic carbocycles. The minimum absolute atomic E-state index is 0.0777. The molecule has 0 bridgehead atoms. The van der Waals surface area contributed by atoms with Crippen molar-refractivity contribution >= 4 is 22.6 Å². The van der Waals surface area contributed by atoms with Crippen molar-refractivity contribution in [3.8, 4) is 11.3 Å². The molecule has 3 aromatic rings. The van der Waals surface area contributed by atoms with Crippen LogP contribution in [0.15, 0.2) is 59.0 Å². The van der Waals surface area contributed by atoms with E-state index in [1.54, 1.807) is 0 Å². The lowest BCUT2D eigenvalue weighted by atomic mass is 9.80. The second kappa shape index (κ2) is 7.06. The molecule has 2 N–H and O–H groups in total. The Balaban J connectivity index is 1.89. The van der Waals surface area contributed by atoms with Gasteiger partial charge in [0.1, 0.15) is 11.3 Å². The van der Waals surface area contributed by atoms with Crippen LogP contribution in [0, 0.1) is 0 Å². The molecule has 4 heteroatoms. The van der Waals surface area contributed by atoms with E-state index in [1.807, 2.05) is 36.4 Å². The molecule has 2 heterocycles. The van der Waals surface area contributed by atoms with E-state index >= 15 is 0 Å². The van der Waals surface area contributed by atoms with Gasteiger partial charge in [0.25, 0.3) is 0 Å². The van der Waals surface area contributed by atoms with E-state index in [2.05, 4.69) is 56.2 Å². The van der Waals surface area contributed by atoms with Gasteiger partial charge in [-0.15, -0.1) is 0 Å². The zero-order valence-corrected chi connectivity index (χ0v) is 17.7. The maximum absolute atomic E-state index is 6.30. The minimum atomic E-state index is 0.0777. The van der Waals surface area contributed by atoms with Crippen LogP contribution in [0.25, 0.3) is 22.3 Å². The summed E-state index contributed by atoms with van der Waals surface area (Å²) in [5.74, 6) is 0.852. The Morgan fingerprint density at radius 3 is 2.32 bits per heavy atom. The molecule has 1 aromatic heterocycles. The third-order valence-corrected chi connectivity index (χ3v) is 5.57. The van der Waals surface area contributed by atoms with Crippen LogP contribution in [0.2, 0.25) is 5.02 Å². The maximum Gasteiger partial charge on any atom is 0.213 e. The number of halogens is 1. The molecule has 1 aliphatic heterocycles. The van der Waals surface area contributed by atoms with Crippen LogP contribution in [-0.4, -0.2) is 17.1 Å². The van der Waals surface area contributed by atoms with Crippen molar-refractivity contribution in [2.24, 2.45) is 0 Å². The van der Waals surface area contributed by atoms with Gasteiger partial charge in [0.15, 0.2) is 6.04 Å². The molecule has 0 unspecified atom stereocenters. The summed E-state index contributed by atoms with van der Waals surface area (Å²) in [6.07, 6.45) is 2.09. The highest BCUT2D eigenvalue weighted by Crippen LogP contribution is 2.27. The van der Waals surface area contributed by atoms with Gasteiger partial charge in [0.05, 0.1) is 11.5 Å². The van der Waals surface area contributed by atoms with Crippen LogP contribution in [0.4, 0.5) is 0 Å². The Hall–Kier alpha value is -2.10. The van der Waals surface area contributed by atoms with Gasteiger partial charge in [-0.25, -0.2) is 4.99 Å². The highest BCUT2D eigenvalue weighted by molar-refractivity contribution is 6.31. The van der Waals surface area contributed by atoms with Gasteiger partial charge in [-0.2, -0.15) is 0 Å². The van der Waals surface area contributed by atoms with Crippen molar-refractivity contribution in [3.05, 3.63) is 65.0 Å². The zero-order valence-electron chi connectivity index (χ0n) is 17.0. The number of benzene rings is 2. The van der Waals surface area contributed by atoms with Crippen molar-refractivity contribution in [1.29, 1.82) is 0 Å². The number of nitrogens with one attached hydrogen (secondary N) is 2. The summed E-state index contributed by atoms with van der Waals surface area (Å²) in [5, 5.41) is 6.55. The van der Waals surface area contributed by atoms with Crippen LogP contribution in [0.3, 0.4) is 0 Å². The van der Waals surface area contributed by atoms with Crippen LogP contribution < -0.4 is 15.7 Å². The van der Waals surface area contributed by atoms with Gasteiger partial charge in [0, 0.05) is 34.5 Å². The molecule has 0 atom stereocenters. The second-order valence-electron chi connectivity index (χ2n) is 9.17. The predicted octanol–water partition coefficient (Wildman–Crippen LogP) is 4.04. The lowest BCUT2D eigenvalue weighted by molar-refractivity contribution is -0.550. The molecule has 4 rings (SSSR count). The lowest BCUT2D eigenvalue weighted by Gasteiger charge is -2.43. The molecule has 0 amide bonds. The standard InChI is InChI=1S/C24H27ClN2O/c1-23(2)14-18(15-24(3,4)27-23)26-20-13-22(16-8-6-5-7-9-16)28-21-11-10-17(25)12-19(20)21/h5-13,18,27H,14-15H2,1-4H3/p+1. The molecular formula is C24H28ClN2O+. The van der Waals surface area contributed by atoms with Crippen LogP contribution in [0.5, 0.6) is 0 Å². The fourth-order valence-electron chi connectivity index (χ4n) is 4.67. The number of piperidine rings is 1. The normalized spacial score (nSPS) is 19.8. The highest BCUT2D eigenvalue weighted by Gasteiger charge is 2.40. The Kier molecular flexibility index (Phi) is 4.84. The van der Waals surface area contributed by atoms with Crippen molar-refractivity contribution in [3.63, 3.8) is 0 Å². The van der Waals surface area contributed by atoms with Crippen LogP contribution in [-0.2, 0) is 0 Å². The fraction of sp³-hybridized carbons (Fsp3) is 0.375. The van der Waals surface area contributed by atoms with Gasteiger partial charge in [-0.3, -0.25) is 0 Å².